The van der Waals surface area contributed by atoms with Gasteiger partial charge in [-0.05, 0) is 37.0 Å². The maximum absolute atomic E-state index is 9.39. The lowest BCUT2D eigenvalue weighted by molar-refractivity contribution is 0.256. The lowest BCUT2D eigenvalue weighted by Crippen LogP contribution is -2.26. The number of likely N-dealkylation sites (tertiary alicyclic amines) is 1. The van der Waals surface area contributed by atoms with Crippen molar-refractivity contribution in [1.82, 2.24) is 4.90 Å². The number of rotatable bonds is 2. The van der Waals surface area contributed by atoms with Crippen molar-refractivity contribution in [2.45, 2.75) is 32.9 Å². The number of hydrogen-bond acceptors (Lipinski definition) is 2. The topological polar surface area (TPSA) is 23.5 Å². The number of hydrogen-bond donors (Lipinski definition) is 1. The van der Waals surface area contributed by atoms with Crippen LogP contribution in [0.1, 0.15) is 25.8 Å². The van der Waals surface area contributed by atoms with E-state index >= 15 is 0 Å². The Morgan fingerprint density at radius 2 is 2.20 bits per heavy atom. The van der Waals surface area contributed by atoms with E-state index in [-0.39, 0.29) is 0 Å². The minimum atomic E-state index is 0.368. The van der Waals surface area contributed by atoms with Crippen molar-refractivity contribution in [3.8, 4) is 5.75 Å². The summed E-state index contributed by atoms with van der Waals surface area (Å²) < 4.78 is 0. The number of nitrogens with zero attached hydrogens (tertiary/aromatic N) is 1. The summed E-state index contributed by atoms with van der Waals surface area (Å²) in [5, 5.41) is 9.39. The zero-order valence-corrected chi connectivity index (χ0v) is 9.48. The zero-order valence-electron chi connectivity index (χ0n) is 9.48. The minimum Gasteiger partial charge on any atom is -0.508 e. The third kappa shape index (κ3) is 2.51. The van der Waals surface area contributed by atoms with Gasteiger partial charge in [-0.1, -0.05) is 19.1 Å². The summed E-state index contributed by atoms with van der Waals surface area (Å²) in [5.41, 5.74) is 1.20. The van der Waals surface area contributed by atoms with Crippen LogP contribution in [0.25, 0.3) is 0 Å². The molecule has 0 saturated carbocycles. The summed E-state index contributed by atoms with van der Waals surface area (Å²) in [5.74, 6) is 1.17. The molecule has 0 radical (unpaired) electrons. The van der Waals surface area contributed by atoms with Crippen LogP contribution < -0.4 is 0 Å². The van der Waals surface area contributed by atoms with E-state index in [1.165, 1.54) is 18.5 Å². The largest absolute Gasteiger partial charge is 0.508 e. The van der Waals surface area contributed by atoms with Crippen LogP contribution in [0.5, 0.6) is 5.75 Å². The normalized spacial score (nSPS) is 27.1. The molecule has 0 amide bonds. The van der Waals surface area contributed by atoms with Gasteiger partial charge in [-0.3, -0.25) is 4.90 Å². The quantitative estimate of drug-likeness (QED) is 0.802. The Kier molecular flexibility index (Phi) is 2.96. The van der Waals surface area contributed by atoms with Crippen molar-refractivity contribution in [3.05, 3.63) is 29.8 Å². The first kappa shape index (κ1) is 10.5. The Morgan fingerprint density at radius 1 is 1.40 bits per heavy atom. The average Bonchev–Trinajstić information content (AvgIpc) is 2.45. The highest BCUT2D eigenvalue weighted by molar-refractivity contribution is 5.27. The van der Waals surface area contributed by atoms with Gasteiger partial charge in [-0.2, -0.15) is 0 Å². The molecule has 0 spiro atoms. The maximum atomic E-state index is 9.39. The highest BCUT2D eigenvalue weighted by Gasteiger charge is 2.25. The fourth-order valence-corrected chi connectivity index (χ4v) is 2.50. The van der Waals surface area contributed by atoms with Crippen molar-refractivity contribution >= 4 is 0 Å². The fraction of sp³-hybridized carbons (Fsp3) is 0.538. The van der Waals surface area contributed by atoms with E-state index in [0.717, 1.165) is 12.5 Å². The van der Waals surface area contributed by atoms with Gasteiger partial charge in [-0.25, -0.2) is 0 Å². The van der Waals surface area contributed by atoms with Crippen LogP contribution in [0.15, 0.2) is 24.3 Å². The van der Waals surface area contributed by atoms with E-state index in [2.05, 4.69) is 24.8 Å². The molecule has 2 heteroatoms. The molecule has 2 rings (SSSR count). The molecule has 1 aromatic rings. The number of aromatic hydroxyl groups is 1. The van der Waals surface area contributed by atoms with Crippen molar-refractivity contribution < 1.29 is 5.11 Å². The van der Waals surface area contributed by atoms with Crippen LogP contribution in [0, 0.1) is 5.92 Å². The lowest BCUT2D eigenvalue weighted by Gasteiger charge is -2.20. The van der Waals surface area contributed by atoms with Crippen molar-refractivity contribution in [2.75, 3.05) is 6.54 Å². The third-order valence-corrected chi connectivity index (χ3v) is 3.21. The average molecular weight is 205 g/mol. The second-order valence-corrected chi connectivity index (χ2v) is 4.79. The molecule has 2 atom stereocenters. The van der Waals surface area contributed by atoms with Gasteiger partial charge in [0.1, 0.15) is 5.75 Å². The highest BCUT2D eigenvalue weighted by atomic mass is 16.3. The number of phenolic OH excluding ortho intramolecular Hbond substituents is 1. The van der Waals surface area contributed by atoms with E-state index in [1.54, 1.807) is 6.07 Å². The molecule has 1 N–H and O–H groups in total. The van der Waals surface area contributed by atoms with E-state index in [9.17, 15) is 5.11 Å². The van der Waals surface area contributed by atoms with Crippen molar-refractivity contribution in [3.63, 3.8) is 0 Å². The van der Waals surface area contributed by atoms with Crippen LogP contribution >= 0.6 is 0 Å². The molecule has 0 aliphatic carbocycles. The molecule has 1 heterocycles. The van der Waals surface area contributed by atoms with Gasteiger partial charge in [0, 0.05) is 19.1 Å². The van der Waals surface area contributed by atoms with Crippen molar-refractivity contribution in [2.24, 2.45) is 5.92 Å². The molecule has 2 nitrogen and oxygen atoms in total. The summed E-state index contributed by atoms with van der Waals surface area (Å²) in [6, 6.07) is 8.24. The molecule has 1 saturated heterocycles. The first-order chi connectivity index (χ1) is 7.15. The Bertz CT molecular complexity index is 337. The van der Waals surface area contributed by atoms with E-state index in [0.29, 0.717) is 11.8 Å². The standard InChI is InChI=1S/C13H19NO/c1-10-6-11(2)14(8-10)9-12-4-3-5-13(15)7-12/h3-5,7,10-11,15H,6,8-9H2,1-2H3. The zero-order chi connectivity index (χ0) is 10.8. The van der Waals surface area contributed by atoms with E-state index in [1.807, 2.05) is 12.1 Å². The van der Waals surface area contributed by atoms with Crippen LogP contribution in [-0.2, 0) is 6.54 Å². The van der Waals surface area contributed by atoms with Gasteiger partial charge in [-0.15, -0.1) is 0 Å². The van der Waals surface area contributed by atoms with Gasteiger partial charge >= 0.3 is 0 Å². The third-order valence-electron chi connectivity index (χ3n) is 3.21. The molecule has 82 valence electrons. The number of benzene rings is 1. The predicted octanol–water partition coefficient (Wildman–Crippen LogP) is 2.62. The first-order valence-electron chi connectivity index (χ1n) is 5.67. The Hall–Kier alpha value is -1.02. The fourth-order valence-electron chi connectivity index (χ4n) is 2.50. The number of phenols is 1. The maximum Gasteiger partial charge on any atom is 0.115 e. The molecular formula is C13H19NO. The molecular weight excluding hydrogens is 186 g/mol. The predicted molar refractivity (Wildman–Crippen MR) is 61.8 cm³/mol. The smallest absolute Gasteiger partial charge is 0.115 e. The summed E-state index contributed by atoms with van der Waals surface area (Å²) in [4.78, 5) is 2.49. The molecule has 15 heavy (non-hydrogen) atoms. The van der Waals surface area contributed by atoms with Crippen LogP contribution in [-0.4, -0.2) is 22.6 Å². The second kappa shape index (κ2) is 4.23. The monoisotopic (exact) mass is 205 g/mol. The van der Waals surface area contributed by atoms with Crippen molar-refractivity contribution in [1.29, 1.82) is 0 Å². The second-order valence-electron chi connectivity index (χ2n) is 4.79. The molecule has 2 unspecified atom stereocenters. The lowest BCUT2D eigenvalue weighted by atomic mass is 10.1. The summed E-state index contributed by atoms with van der Waals surface area (Å²) in [7, 11) is 0. The summed E-state index contributed by atoms with van der Waals surface area (Å²) >= 11 is 0. The van der Waals surface area contributed by atoms with Gasteiger partial charge in [0.25, 0.3) is 0 Å². The molecule has 1 fully saturated rings. The minimum absolute atomic E-state index is 0.368. The molecule has 1 aliphatic rings. The Morgan fingerprint density at radius 3 is 2.80 bits per heavy atom. The molecule has 1 aliphatic heterocycles. The Labute approximate surface area is 91.5 Å². The van der Waals surface area contributed by atoms with Crippen LogP contribution in [0.3, 0.4) is 0 Å². The first-order valence-corrected chi connectivity index (χ1v) is 5.67. The molecule has 0 bridgehead atoms. The molecule has 1 aromatic carbocycles. The van der Waals surface area contributed by atoms with Gasteiger partial charge in [0.2, 0.25) is 0 Å². The molecule has 0 aromatic heterocycles. The Balaban J connectivity index is 2.03. The highest BCUT2D eigenvalue weighted by Crippen LogP contribution is 2.24. The van der Waals surface area contributed by atoms with E-state index < -0.39 is 0 Å². The summed E-state index contributed by atoms with van der Waals surface area (Å²) in [6.07, 6.45) is 1.29. The van der Waals surface area contributed by atoms with Crippen LogP contribution in [0.4, 0.5) is 0 Å². The van der Waals surface area contributed by atoms with Gasteiger partial charge < -0.3 is 5.11 Å². The van der Waals surface area contributed by atoms with Gasteiger partial charge in [0.15, 0.2) is 0 Å². The summed E-state index contributed by atoms with van der Waals surface area (Å²) in [6.45, 7) is 6.72. The SMILES string of the molecule is CC1CC(C)N(Cc2cccc(O)c2)C1. The van der Waals surface area contributed by atoms with Gasteiger partial charge in [0.05, 0.1) is 0 Å². The van der Waals surface area contributed by atoms with E-state index in [4.69, 9.17) is 0 Å². The van der Waals surface area contributed by atoms with Crippen LogP contribution in [0.2, 0.25) is 0 Å².